The summed E-state index contributed by atoms with van der Waals surface area (Å²) >= 11 is 0. The van der Waals surface area contributed by atoms with Crippen LogP contribution in [0.1, 0.15) is 55.1 Å². The predicted octanol–water partition coefficient (Wildman–Crippen LogP) is -0.673. The molecule has 0 heterocycles. The Balaban J connectivity index is 1.84. The molecular weight excluding hydrogens is 534 g/mol. The van der Waals surface area contributed by atoms with Crippen LogP contribution in [0.4, 0.5) is 0 Å². The Kier molecular flexibility index (Phi) is 7.35. The number of likely N-dealkylation sites (N-methyl/N-ethyl adjacent to an activating group) is 1. The number of aliphatic hydroxyl groups is 2. The standard InChI is InChI=1S/C29H35N3O9/c1-11-13-9-7-12(8-10-14(33)31-28(2,3)4)21(34)16(13)22(35)17-15(11)23(36)19-20(32(5)6)24(37)18(27(30)40)26(39)29(19,41)25(17)38/h7-11,15,17-20,23,34,36,41H,1-6H3,(H2,30,40)(H,31,33)/t11-,15?,17?,18?,19?,20-,23-,29-/m0/s1. The van der Waals surface area contributed by atoms with Gasteiger partial charge in [0, 0.05) is 23.1 Å². The van der Waals surface area contributed by atoms with Crippen LogP contribution in [0, 0.1) is 23.7 Å². The second-order valence-corrected chi connectivity index (χ2v) is 12.4. The Morgan fingerprint density at radius 1 is 1.10 bits per heavy atom. The minimum Gasteiger partial charge on any atom is -0.507 e. The number of carbonyl (C=O) groups is 6. The van der Waals surface area contributed by atoms with Crippen LogP contribution < -0.4 is 11.1 Å². The number of nitrogens with zero attached hydrogens (tertiary/aromatic N) is 1. The van der Waals surface area contributed by atoms with Crippen molar-refractivity contribution in [3.63, 3.8) is 0 Å². The molecule has 12 nitrogen and oxygen atoms in total. The lowest BCUT2D eigenvalue weighted by Crippen LogP contribution is -2.77. The first-order valence-corrected chi connectivity index (χ1v) is 13.2. The Bertz CT molecular complexity index is 1410. The summed E-state index contributed by atoms with van der Waals surface area (Å²) in [4.78, 5) is 80.2. The first kappa shape index (κ1) is 30.2. The molecule has 2 saturated carbocycles. The van der Waals surface area contributed by atoms with E-state index in [1.165, 1.54) is 43.3 Å². The lowest BCUT2D eigenvalue weighted by Gasteiger charge is -2.56. The first-order valence-electron chi connectivity index (χ1n) is 13.2. The zero-order valence-electron chi connectivity index (χ0n) is 23.7. The van der Waals surface area contributed by atoms with Gasteiger partial charge in [-0.3, -0.25) is 33.7 Å². The molecule has 0 radical (unpaired) electrons. The van der Waals surface area contributed by atoms with Gasteiger partial charge in [0.25, 0.3) is 0 Å². The highest BCUT2D eigenvalue weighted by Gasteiger charge is 2.72. The summed E-state index contributed by atoms with van der Waals surface area (Å²) in [6.07, 6.45) is 0.779. The third-order valence-corrected chi connectivity index (χ3v) is 8.43. The molecule has 4 unspecified atom stereocenters. The van der Waals surface area contributed by atoms with Gasteiger partial charge in [0.05, 0.1) is 29.5 Å². The molecule has 12 heteroatoms. The molecule has 1 aromatic rings. The number of carbonyl (C=O) groups excluding carboxylic acids is 6. The van der Waals surface area contributed by atoms with Crippen LogP contribution in [0.25, 0.3) is 6.08 Å². The number of phenolic OH excluding ortho intramolecular Hbond substituents is 1. The Morgan fingerprint density at radius 2 is 1.71 bits per heavy atom. The molecule has 220 valence electrons. The second kappa shape index (κ2) is 9.97. The van der Waals surface area contributed by atoms with E-state index in [4.69, 9.17) is 5.73 Å². The van der Waals surface area contributed by atoms with E-state index in [1.807, 2.05) is 0 Å². The molecule has 8 atom stereocenters. The zero-order chi connectivity index (χ0) is 30.9. The van der Waals surface area contributed by atoms with E-state index < -0.39 is 93.6 Å². The number of primary amides is 1. The normalized spacial score (nSPS) is 33.4. The van der Waals surface area contributed by atoms with E-state index in [-0.39, 0.29) is 11.1 Å². The van der Waals surface area contributed by atoms with Gasteiger partial charge in [0.1, 0.15) is 5.75 Å². The maximum atomic E-state index is 14.0. The van der Waals surface area contributed by atoms with Gasteiger partial charge < -0.3 is 26.4 Å². The van der Waals surface area contributed by atoms with Crippen LogP contribution in [0.2, 0.25) is 0 Å². The van der Waals surface area contributed by atoms with Crippen LogP contribution >= 0.6 is 0 Å². The lowest BCUT2D eigenvalue weighted by molar-refractivity contribution is -0.196. The molecule has 0 bridgehead atoms. The number of aliphatic hydroxyl groups excluding tert-OH is 1. The summed E-state index contributed by atoms with van der Waals surface area (Å²) in [5.74, 6) is -14.4. The number of nitrogens with one attached hydrogen (secondary N) is 1. The number of Topliss-reactive ketones (excluding diaryl/α,β-unsaturated/α-hetero) is 4. The van der Waals surface area contributed by atoms with Gasteiger partial charge in [-0.2, -0.15) is 0 Å². The van der Waals surface area contributed by atoms with Crippen molar-refractivity contribution in [2.75, 3.05) is 14.1 Å². The maximum Gasteiger partial charge on any atom is 0.244 e. The fourth-order valence-electron chi connectivity index (χ4n) is 6.72. The highest BCUT2D eigenvalue weighted by molar-refractivity contribution is 6.32. The van der Waals surface area contributed by atoms with Crippen molar-refractivity contribution in [2.24, 2.45) is 29.4 Å². The molecule has 1 aromatic carbocycles. The van der Waals surface area contributed by atoms with E-state index in [0.29, 0.717) is 5.56 Å². The summed E-state index contributed by atoms with van der Waals surface area (Å²) in [6.45, 7) is 7.00. The quantitative estimate of drug-likeness (QED) is 0.228. The van der Waals surface area contributed by atoms with Gasteiger partial charge in [0.2, 0.25) is 11.8 Å². The van der Waals surface area contributed by atoms with Gasteiger partial charge in [-0.25, -0.2) is 0 Å². The molecule has 0 saturated heterocycles. The van der Waals surface area contributed by atoms with Gasteiger partial charge in [-0.15, -0.1) is 0 Å². The number of nitrogens with two attached hydrogens (primary N) is 1. The van der Waals surface area contributed by atoms with Crippen molar-refractivity contribution in [3.8, 4) is 5.75 Å². The largest absolute Gasteiger partial charge is 0.507 e. The Hall–Kier alpha value is -3.74. The number of hydrogen-bond donors (Lipinski definition) is 5. The summed E-state index contributed by atoms with van der Waals surface area (Å²) in [6, 6.07) is 1.59. The number of fused-ring (bicyclic) bond motifs is 3. The van der Waals surface area contributed by atoms with Gasteiger partial charge in [-0.05, 0) is 52.4 Å². The van der Waals surface area contributed by atoms with Crippen molar-refractivity contribution in [3.05, 3.63) is 34.9 Å². The van der Waals surface area contributed by atoms with Crippen molar-refractivity contribution in [2.45, 2.75) is 56.9 Å². The van der Waals surface area contributed by atoms with Gasteiger partial charge in [0.15, 0.2) is 34.7 Å². The number of aromatic hydroxyl groups is 1. The molecule has 3 aliphatic carbocycles. The number of amides is 2. The van der Waals surface area contributed by atoms with Crippen LogP contribution in [0.5, 0.6) is 5.75 Å². The van der Waals surface area contributed by atoms with E-state index in [9.17, 15) is 44.1 Å². The summed E-state index contributed by atoms with van der Waals surface area (Å²) in [5.41, 5.74) is 1.92. The van der Waals surface area contributed by atoms with E-state index in [1.54, 1.807) is 27.7 Å². The minimum atomic E-state index is -3.06. The zero-order valence-corrected chi connectivity index (χ0v) is 23.7. The first-order chi connectivity index (χ1) is 18.9. The SMILES string of the molecule is C[C@H]1c2ccc(C=CC(=O)NC(C)(C)C)c(O)c2C(=O)C2C(=O)[C@]3(O)C(=O)C(C(N)=O)C(=O)[C@@H](N(C)C)C3[C@@H](O)C21. The van der Waals surface area contributed by atoms with Crippen molar-refractivity contribution in [1.82, 2.24) is 10.2 Å². The predicted molar refractivity (Wildman–Crippen MR) is 144 cm³/mol. The fraction of sp³-hybridized carbons (Fsp3) is 0.517. The monoisotopic (exact) mass is 569 g/mol. The number of hydrogen-bond acceptors (Lipinski definition) is 10. The van der Waals surface area contributed by atoms with Crippen LogP contribution in [-0.4, -0.2) is 92.5 Å². The molecular formula is C29H35N3O9. The van der Waals surface area contributed by atoms with Crippen molar-refractivity contribution < 1.29 is 44.1 Å². The average Bonchev–Trinajstić information content (AvgIpc) is 2.84. The van der Waals surface area contributed by atoms with E-state index >= 15 is 0 Å². The molecule has 6 N–H and O–H groups in total. The molecule has 2 fully saturated rings. The third kappa shape index (κ3) is 4.50. The lowest BCUT2D eigenvalue weighted by atomic mass is 9.49. The molecule has 0 aliphatic heterocycles. The molecule has 2 amide bonds. The number of benzene rings is 1. The summed E-state index contributed by atoms with van der Waals surface area (Å²) < 4.78 is 0. The van der Waals surface area contributed by atoms with Crippen LogP contribution in [0.15, 0.2) is 18.2 Å². The average molecular weight is 570 g/mol. The van der Waals surface area contributed by atoms with Crippen molar-refractivity contribution >= 4 is 41.0 Å². The fourth-order valence-corrected chi connectivity index (χ4v) is 6.72. The summed E-state index contributed by atoms with van der Waals surface area (Å²) in [5, 5.41) is 37.1. The number of ketones is 4. The van der Waals surface area contributed by atoms with Crippen LogP contribution in [-0.2, 0) is 24.0 Å². The number of rotatable bonds is 4. The summed E-state index contributed by atoms with van der Waals surface area (Å²) in [7, 11) is 2.86. The highest BCUT2D eigenvalue weighted by Crippen LogP contribution is 2.54. The molecule has 0 aromatic heterocycles. The van der Waals surface area contributed by atoms with Crippen LogP contribution in [0.3, 0.4) is 0 Å². The Morgan fingerprint density at radius 3 is 2.24 bits per heavy atom. The minimum absolute atomic E-state index is 0.105. The second-order valence-electron chi connectivity index (χ2n) is 12.4. The molecule has 4 rings (SSSR count). The van der Waals surface area contributed by atoms with E-state index in [0.717, 1.165) is 0 Å². The maximum absolute atomic E-state index is 14.0. The molecule has 41 heavy (non-hydrogen) atoms. The number of phenols is 1. The Labute approximate surface area is 236 Å². The highest BCUT2D eigenvalue weighted by atomic mass is 16.3. The van der Waals surface area contributed by atoms with Crippen molar-refractivity contribution in [1.29, 1.82) is 0 Å². The smallest absolute Gasteiger partial charge is 0.244 e. The molecule has 3 aliphatic rings. The third-order valence-electron chi connectivity index (χ3n) is 8.43. The van der Waals surface area contributed by atoms with Gasteiger partial charge in [-0.1, -0.05) is 19.1 Å². The topological polar surface area (TPSA) is 204 Å². The van der Waals surface area contributed by atoms with E-state index in [2.05, 4.69) is 5.32 Å². The van der Waals surface area contributed by atoms with Gasteiger partial charge >= 0.3 is 0 Å². The molecule has 0 spiro atoms.